The quantitative estimate of drug-likeness (QED) is 0.458. The number of aromatic carboxylic acids is 1. The summed E-state index contributed by atoms with van der Waals surface area (Å²) < 4.78 is 11.6. The highest BCUT2D eigenvalue weighted by Gasteiger charge is 2.36. The zero-order valence-corrected chi connectivity index (χ0v) is 19.3. The number of ether oxygens (including phenoxy) is 2. The summed E-state index contributed by atoms with van der Waals surface area (Å²) in [7, 11) is 1.57. The maximum Gasteiger partial charge on any atom is 0.346 e. The van der Waals surface area contributed by atoms with Crippen molar-refractivity contribution in [3.8, 4) is 22.6 Å². The Balaban J connectivity index is 1.94. The molecule has 0 saturated heterocycles. The summed E-state index contributed by atoms with van der Waals surface area (Å²) in [5.41, 5.74) is 2.47. The molecule has 0 spiro atoms. The highest BCUT2D eigenvalue weighted by Crippen LogP contribution is 2.52. The fourth-order valence-electron chi connectivity index (χ4n) is 3.91. The van der Waals surface area contributed by atoms with E-state index in [4.69, 9.17) is 21.1 Å². The number of halogens is 1. The number of carbonyl (C=O) groups is 2. The average molecular weight is 472 g/mol. The van der Waals surface area contributed by atoms with Crippen molar-refractivity contribution in [3.05, 3.63) is 62.8 Å². The van der Waals surface area contributed by atoms with Gasteiger partial charge in [0.25, 0.3) is 0 Å². The molecule has 0 radical (unpaired) electrons. The van der Waals surface area contributed by atoms with E-state index < -0.39 is 5.97 Å². The van der Waals surface area contributed by atoms with Crippen LogP contribution in [-0.4, -0.2) is 30.2 Å². The minimum atomic E-state index is -1.05. The lowest BCUT2D eigenvalue weighted by Crippen LogP contribution is -2.23. The van der Waals surface area contributed by atoms with Crippen molar-refractivity contribution in [3.63, 3.8) is 0 Å². The monoisotopic (exact) mass is 471 g/mol. The SMILES string of the molecule is COc1cccc([C@@H]2CC(=O)Nc3c2sc(C(=O)O)c3-c2ccc(Cl)cc2)c1OC(C)C. The predicted octanol–water partition coefficient (Wildman–Crippen LogP) is 6.04. The number of hydrogen-bond acceptors (Lipinski definition) is 5. The second-order valence-corrected chi connectivity index (χ2v) is 9.20. The molecule has 0 aliphatic carbocycles. The summed E-state index contributed by atoms with van der Waals surface area (Å²) >= 11 is 7.19. The number of methoxy groups -OCH3 is 1. The number of anilines is 1. The van der Waals surface area contributed by atoms with E-state index in [-0.39, 0.29) is 29.2 Å². The molecule has 6 nitrogen and oxygen atoms in total. The Bertz CT molecular complexity index is 1190. The van der Waals surface area contributed by atoms with Gasteiger partial charge in [-0.15, -0.1) is 11.3 Å². The van der Waals surface area contributed by atoms with Crippen LogP contribution in [0.2, 0.25) is 5.02 Å². The van der Waals surface area contributed by atoms with Gasteiger partial charge in [-0.2, -0.15) is 0 Å². The Morgan fingerprint density at radius 3 is 2.56 bits per heavy atom. The van der Waals surface area contributed by atoms with Gasteiger partial charge in [0, 0.05) is 33.4 Å². The third kappa shape index (κ3) is 4.06. The van der Waals surface area contributed by atoms with Gasteiger partial charge in [0.05, 0.1) is 18.9 Å². The first kappa shape index (κ1) is 22.2. The molecule has 1 amide bonds. The third-order valence-electron chi connectivity index (χ3n) is 5.19. The lowest BCUT2D eigenvalue weighted by molar-refractivity contribution is -0.116. The molecule has 2 N–H and O–H groups in total. The number of hydrogen-bond donors (Lipinski definition) is 2. The molecule has 166 valence electrons. The Morgan fingerprint density at radius 1 is 1.22 bits per heavy atom. The van der Waals surface area contributed by atoms with Gasteiger partial charge in [0.15, 0.2) is 11.5 Å². The van der Waals surface area contributed by atoms with Gasteiger partial charge in [0.1, 0.15) is 4.88 Å². The second-order valence-electron chi connectivity index (χ2n) is 7.71. The molecule has 2 aromatic carbocycles. The molecule has 0 bridgehead atoms. The minimum absolute atomic E-state index is 0.107. The van der Waals surface area contributed by atoms with E-state index in [0.29, 0.717) is 33.3 Å². The van der Waals surface area contributed by atoms with Crippen molar-refractivity contribution in [1.29, 1.82) is 0 Å². The van der Waals surface area contributed by atoms with Crippen molar-refractivity contribution >= 4 is 40.5 Å². The van der Waals surface area contributed by atoms with Gasteiger partial charge in [-0.25, -0.2) is 4.79 Å². The zero-order valence-electron chi connectivity index (χ0n) is 17.8. The van der Waals surface area contributed by atoms with Gasteiger partial charge >= 0.3 is 5.97 Å². The average Bonchev–Trinajstić information content (AvgIpc) is 3.13. The maximum atomic E-state index is 12.8. The van der Waals surface area contributed by atoms with E-state index in [1.54, 1.807) is 37.4 Å². The number of carboxylic acids is 1. The molecule has 4 rings (SSSR count). The summed E-state index contributed by atoms with van der Waals surface area (Å²) in [5, 5.41) is 13.4. The molecule has 8 heteroatoms. The molecule has 1 aliphatic rings. The first-order chi connectivity index (χ1) is 15.3. The molecule has 0 unspecified atom stereocenters. The molecule has 0 fully saturated rings. The normalized spacial score (nSPS) is 15.3. The minimum Gasteiger partial charge on any atom is -0.493 e. The second kappa shape index (κ2) is 8.84. The van der Waals surface area contributed by atoms with Crippen LogP contribution < -0.4 is 14.8 Å². The number of thiophene rings is 1. The number of amides is 1. The van der Waals surface area contributed by atoms with Gasteiger partial charge in [-0.3, -0.25) is 4.79 Å². The van der Waals surface area contributed by atoms with Gasteiger partial charge in [0.2, 0.25) is 5.91 Å². The zero-order chi connectivity index (χ0) is 23.0. The van der Waals surface area contributed by atoms with Crippen LogP contribution in [0.25, 0.3) is 11.1 Å². The molecule has 32 heavy (non-hydrogen) atoms. The highest BCUT2D eigenvalue weighted by molar-refractivity contribution is 7.15. The van der Waals surface area contributed by atoms with Crippen LogP contribution in [0, 0.1) is 0 Å². The molecule has 3 aromatic rings. The summed E-state index contributed by atoms with van der Waals surface area (Å²) in [6, 6.07) is 12.5. The molecule has 1 aliphatic heterocycles. The fraction of sp³-hybridized carbons (Fsp3) is 0.250. The van der Waals surface area contributed by atoms with Crippen molar-refractivity contribution in [2.24, 2.45) is 0 Å². The lowest BCUT2D eigenvalue weighted by Gasteiger charge is -2.27. The molecule has 2 heterocycles. The van der Waals surface area contributed by atoms with E-state index >= 15 is 0 Å². The van der Waals surface area contributed by atoms with E-state index in [1.165, 1.54) is 11.3 Å². The van der Waals surface area contributed by atoms with Crippen LogP contribution in [0.4, 0.5) is 5.69 Å². The molecular formula is C24H22ClNO5S. The topological polar surface area (TPSA) is 84.9 Å². The smallest absolute Gasteiger partial charge is 0.346 e. The molecule has 1 atom stereocenters. The van der Waals surface area contributed by atoms with Crippen LogP contribution in [0.5, 0.6) is 11.5 Å². The number of nitrogens with one attached hydrogen (secondary N) is 1. The number of benzene rings is 2. The van der Waals surface area contributed by atoms with E-state index in [0.717, 1.165) is 10.4 Å². The Kier molecular flexibility index (Phi) is 6.13. The van der Waals surface area contributed by atoms with E-state index in [2.05, 4.69) is 5.32 Å². The van der Waals surface area contributed by atoms with Gasteiger partial charge in [-0.05, 0) is 37.6 Å². The summed E-state index contributed by atoms with van der Waals surface area (Å²) in [6.45, 7) is 3.84. The molecule has 1 aromatic heterocycles. The summed E-state index contributed by atoms with van der Waals surface area (Å²) in [6.07, 6.45) is 0.0679. The third-order valence-corrected chi connectivity index (χ3v) is 6.73. The van der Waals surface area contributed by atoms with Gasteiger partial charge in [-0.1, -0.05) is 35.9 Å². The first-order valence-corrected chi connectivity index (χ1v) is 11.3. The Labute approximate surface area is 194 Å². The number of rotatable bonds is 6. The number of carboxylic acid groups (broad SMARTS) is 1. The number of carbonyl (C=O) groups excluding carboxylic acids is 1. The summed E-state index contributed by atoms with van der Waals surface area (Å²) in [4.78, 5) is 25.8. The number of para-hydroxylation sites is 1. The number of fused-ring (bicyclic) bond motifs is 1. The van der Waals surface area contributed by atoms with E-state index in [9.17, 15) is 14.7 Å². The van der Waals surface area contributed by atoms with Crippen molar-refractivity contribution < 1.29 is 24.2 Å². The van der Waals surface area contributed by atoms with Crippen LogP contribution in [-0.2, 0) is 4.79 Å². The van der Waals surface area contributed by atoms with Crippen molar-refractivity contribution in [2.75, 3.05) is 12.4 Å². The van der Waals surface area contributed by atoms with E-state index in [1.807, 2.05) is 26.0 Å². The van der Waals surface area contributed by atoms with Gasteiger partial charge < -0.3 is 19.9 Å². The van der Waals surface area contributed by atoms with Crippen LogP contribution in [0.3, 0.4) is 0 Å². The first-order valence-electron chi connectivity index (χ1n) is 10.1. The van der Waals surface area contributed by atoms with Crippen molar-refractivity contribution in [1.82, 2.24) is 0 Å². The predicted molar refractivity (Wildman–Crippen MR) is 126 cm³/mol. The molecule has 0 saturated carbocycles. The molecular weight excluding hydrogens is 450 g/mol. The van der Waals surface area contributed by atoms with Crippen LogP contribution in [0.15, 0.2) is 42.5 Å². The highest BCUT2D eigenvalue weighted by atomic mass is 35.5. The Morgan fingerprint density at radius 2 is 1.94 bits per heavy atom. The standard InChI is InChI=1S/C24H22ClNO5S/c1-12(2)31-21-15(5-4-6-17(21)30-3)16-11-18(27)26-20-19(13-7-9-14(25)10-8-13)23(24(28)29)32-22(16)20/h4-10,12,16H,11H2,1-3H3,(H,26,27)(H,28,29)/t16-/m0/s1. The lowest BCUT2D eigenvalue weighted by atomic mass is 9.88. The maximum absolute atomic E-state index is 12.8. The van der Waals surface area contributed by atoms with Crippen LogP contribution >= 0.6 is 22.9 Å². The largest absolute Gasteiger partial charge is 0.493 e. The van der Waals surface area contributed by atoms with Crippen molar-refractivity contribution in [2.45, 2.75) is 32.3 Å². The Hall–Kier alpha value is -3.03. The van der Waals surface area contributed by atoms with Crippen LogP contribution in [0.1, 0.15) is 46.3 Å². The fourth-order valence-corrected chi connectivity index (χ4v) is 5.27. The summed E-state index contributed by atoms with van der Waals surface area (Å²) in [5.74, 6) is -0.477.